The molecule has 7 nitrogen and oxygen atoms in total. The third kappa shape index (κ3) is 2.88. The van der Waals surface area contributed by atoms with Crippen molar-refractivity contribution in [3.8, 4) is 5.75 Å². The number of para-hydroxylation sites is 1. The van der Waals surface area contributed by atoms with E-state index >= 15 is 0 Å². The van der Waals surface area contributed by atoms with Crippen LogP contribution in [-0.4, -0.2) is 13.4 Å². The van der Waals surface area contributed by atoms with Gasteiger partial charge in [-0.2, -0.15) is 8.42 Å². The number of nitrogens with one attached hydrogen (secondary N) is 3. The number of fused-ring (bicyclic) bond motifs is 1. The van der Waals surface area contributed by atoms with Gasteiger partial charge in [0.1, 0.15) is 4.90 Å². The summed E-state index contributed by atoms with van der Waals surface area (Å²) in [5.41, 5.74) is 8.67. The summed E-state index contributed by atoms with van der Waals surface area (Å²) in [4.78, 5) is 6.67. The summed E-state index contributed by atoms with van der Waals surface area (Å²) in [5, 5.41) is 0.587. The van der Waals surface area contributed by atoms with Gasteiger partial charge in [-0.25, -0.2) is 4.85 Å². The van der Waals surface area contributed by atoms with Crippen molar-refractivity contribution >= 4 is 26.7 Å². The van der Waals surface area contributed by atoms with Crippen LogP contribution in [0.4, 0.5) is 0 Å². The Labute approximate surface area is 162 Å². The molecular formula is C20H16N4O3S. The monoisotopic (exact) mass is 392 g/mol. The van der Waals surface area contributed by atoms with E-state index in [1.54, 1.807) is 30.3 Å². The number of hydrogen-bond acceptors (Lipinski definition) is 5. The van der Waals surface area contributed by atoms with Gasteiger partial charge in [0, 0.05) is 10.9 Å². The first-order valence-corrected chi connectivity index (χ1v) is 9.77. The van der Waals surface area contributed by atoms with Gasteiger partial charge in [0.25, 0.3) is 0 Å². The minimum absolute atomic E-state index is 0.0515. The van der Waals surface area contributed by atoms with Gasteiger partial charge in [-0.1, -0.05) is 36.4 Å². The molecule has 140 valence electrons. The number of rotatable bonds is 4. The molecule has 1 aliphatic rings. The zero-order valence-electron chi connectivity index (χ0n) is 14.9. The highest BCUT2D eigenvalue weighted by Gasteiger charge is 2.28. The van der Waals surface area contributed by atoms with Crippen LogP contribution in [0.3, 0.4) is 0 Å². The molecule has 4 rings (SSSR count). The molecule has 0 radical (unpaired) electrons. The summed E-state index contributed by atoms with van der Waals surface area (Å²) < 4.78 is 31.3. The molecule has 0 atom stereocenters. The highest BCUT2D eigenvalue weighted by molar-refractivity contribution is 7.87. The minimum atomic E-state index is -4.07. The Balaban J connectivity index is 1.89. The Morgan fingerprint density at radius 1 is 1.07 bits per heavy atom. The lowest BCUT2D eigenvalue weighted by Gasteiger charge is -2.10. The predicted molar refractivity (Wildman–Crippen MR) is 106 cm³/mol. The molecule has 2 heterocycles. The van der Waals surface area contributed by atoms with Crippen molar-refractivity contribution in [1.82, 2.24) is 15.8 Å². The van der Waals surface area contributed by atoms with Crippen LogP contribution in [0.2, 0.25) is 0 Å². The Morgan fingerprint density at radius 3 is 2.50 bits per heavy atom. The summed E-state index contributed by atoms with van der Waals surface area (Å²) >= 11 is 0. The van der Waals surface area contributed by atoms with Gasteiger partial charge >= 0.3 is 10.1 Å². The van der Waals surface area contributed by atoms with Crippen LogP contribution in [0.25, 0.3) is 21.4 Å². The second-order valence-corrected chi connectivity index (χ2v) is 7.84. The molecule has 0 spiro atoms. The van der Waals surface area contributed by atoms with Crippen LogP contribution in [0.1, 0.15) is 11.3 Å². The molecule has 8 heteroatoms. The third-order valence-electron chi connectivity index (χ3n) is 4.38. The molecule has 3 N–H and O–H groups in total. The minimum Gasteiger partial charge on any atom is -0.376 e. The van der Waals surface area contributed by atoms with Gasteiger partial charge < -0.3 is 20.0 Å². The fourth-order valence-electron chi connectivity index (χ4n) is 2.95. The summed E-state index contributed by atoms with van der Waals surface area (Å²) in [7, 11) is -4.07. The Kier molecular flexibility index (Phi) is 4.09. The quantitative estimate of drug-likeness (QED) is 0.468. The molecule has 0 unspecified atom stereocenters. The number of aromatic amines is 1. The predicted octanol–water partition coefficient (Wildman–Crippen LogP) is 3.45. The van der Waals surface area contributed by atoms with Crippen LogP contribution in [0.5, 0.6) is 5.75 Å². The summed E-state index contributed by atoms with van der Waals surface area (Å²) in [5.74, 6) is 0.122. The molecule has 0 fully saturated rings. The number of aryl methyl sites for hydroxylation is 1. The van der Waals surface area contributed by atoms with Crippen molar-refractivity contribution in [1.29, 1.82) is 0 Å². The molecule has 0 bridgehead atoms. The summed E-state index contributed by atoms with van der Waals surface area (Å²) in [6.45, 7) is 13.1. The molecule has 1 aromatic heterocycles. The van der Waals surface area contributed by atoms with E-state index in [1.807, 2.05) is 13.0 Å². The van der Waals surface area contributed by atoms with Gasteiger partial charge in [-0.05, 0) is 31.2 Å². The standard InChI is InChI=1S/C20H16N4O3S/c1-12-8-10-14(11-9-12)28(25,26)27-20-15-6-4-5-7-16(15)22-19(20)18-17(21-3)13(2)23-24-18/h4-11,22-24H,2H2,1H3. The second-order valence-electron chi connectivity index (χ2n) is 6.29. The Morgan fingerprint density at radius 2 is 1.79 bits per heavy atom. The molecule has 0 amide bonds. The zero-order valence-corrected chi connectivity index (χ0v) is 15.7. The van der Waals surface area contributed by atoms with E-state index in [9.17, 15) is 8.42 Å². The maximum Gasteiger partial charge on any atom is 0.339 e. The van der Waals surface area contributed by atoms with Crippen LogP contribution in [0.15, 0.2) is 71.4 Å². The molecule has 3 aromatic rings. The average Bonchev–Trinajstić information content (AvgIpc) is 3.22. The normalized spacial score (nSPS) is 13.9. The average molecular weight is 392 g/mol. The molecule has 1 aliphatic heterocycles. The van der Waals surface area contributed by atoms with Gasteiger partial charge in [0.05, 0.1) is 23.7 Å². The third-order valence-corrected chi connectivity index (χ3v) is 5.62. The SMILES string of the molecule is [C-]#[N+]C1=C(c2[nH]c3ccccc3c2OS(=O)(=O)c2ccc(C)cc2)NNC1=C. The van der Waals surface area contributed by atoms with E-state index < -0.39 is 10.1 Å². The van der Waals surface area contributed by atoms with Gasteiger partial charge in [-0.3, -0.25) is 0 Å². The second kappa shape index (κ2) is 6.48. The topological polar surface area (TPSA) is 87.6 Å². The Hall–Kier alpha value is -3.70. The number of hydrogen-bond donors (Lipinski definition) is 3. The maximum atomic E-state index is 12.9. The molecule has 0 saturated heterocycles. The highest BCUT2D eigenvalue weighted by atomic mass is 32.2. The Bertz CT molecular complexity index is 1280. The first kappa shape index (κ1) is 17.7. The lowest BCUT2D eigenvalue weighted by molar-refractivity contribution is 0.487. The number of hydrazine groups is 1. The summed E-state index contributed by atoms with van der Waals surface area (Å²) in [6, 6.07) is 13.6. The zero-order chi connectivity index (χ0) is 19.9. The molecule has 0 aliphatic carbocycles. The van der Waals surface area contributed by atoms with Crippen LogP contribution < -0.4 is 15.0 Å². The first-order chi connectivity index (χ1) is 13.4. The van der Waals surface area contributed by atoms with E-state index in [-0.39, 0.29) is 16.3 Å². The van der Waals surface area contributed by atoms with Crippen molar-refractivity contribution in [3.63, 3.8) is 0 Å². The number of nitrogens with zero attached hydrogens (tertiary/aromatic N) is 1. The first-order valence-electron chi connectivity index (χ1n) is 8.36. The molecule has 28 heavy (non-hydrogen) atoms. The van der Waals surface area contributed by atoms with Gasteiger partial charge in [0.2, 0.25) is 5.70 Å². The number of benzene rings is 2. The maximum absolute atomic E-state index is 12.9. The van der Waals surface area contributed by atoms with E-state index in [1.165, 1.54) is 12.1 Å². The number of H-pyrrole nitrogens is 1. The van der Waals surface area contributed by atoms with Crippen LogP contribution in [-0.2, 0) is 10.1 Å². The molecule has 0 saturated carbocycles. The largest absolute Gasteiger partial charge is 0.376 e. The van der Waals surface area contributed by atoms with Crippen molar-refractivity contribution < 1.29 is 12.6 Å². The van der Waals surface area contributed by atoms with Crippen molar-refractivity contribution in [3.05, 3.63) is 89.2 Å². The van der Waals surface area contributed by atoms with E-state index in [0.717, 1.165) is 5.56 Å². The number of aromatic nitrogens is 1. The van der Waals surface area contributed by atoms with Crippen molar-refractivity contribution in [2.75, 3.05) is 0 Å². The fourth-order valence-corrected chi connectivity index (χ4v) is 3.91. The van der Waals surface area contributed by atoms with Gasteiger partial charge in [0.15, 0.2) is 5.75 Å². The lowest BCUT2D eigenvalue weighted by atomic mass is 10.2. The van der Waals surface area contributed by atoms with E-state index in [2.05, 4.69) is 27.3 Å². The van der Waals surface area contributed by atoms with Crippen molar-refractivity contribution in [2.45, 2.75) is 11.8 Å². The fraction of sp³-hybridized carbons (Fsp3) is 0.0500. The smallest absolute Gasteiger partial charge is 0.339 e. The van der Waals surface area contributed by atoms with Crippen LogP contribution in [0, 0.1) is 13.5 Å². The van der Waals surface area contributed by atoms with Crippen LogP contribution >= 0.6 is 0 Å². The van der Waals surface area contributed by atoms with E-state index in [4.69, 9.17) is 10.8 Å². The summed E-state index contributed by atoms with van der Waals surface area (Å²) in [6.07, 6.45) is 0. The highest BCUT2D eigenvalue weighted by Crippen LogP contribution is 2.38. The van der Waals surface area contributed by atoms with E-state index in [0.29, 0.717) is 28.0 Å². The van der Waals surface area contributed by atoms with Gasteiger partial charge in [-0.15, -0.1) is 0 Å². The lowest BCUT2D eigenvalue weighted by Crippen LogP contribution is -2.22. The molecular weight excluding hydrogens is 376 g/mol. The van der Waals surface area contributed by atoms with Crippen molar-refractivity contribution in [2.24, 2.45) is 0 Å². The molecule has 2 aromatic carbocycles.